The van der Waals surface area contributed by atoms with Crippen LogP contribution < -0.4 is 5.73 Å². The molecule has 2 unspecified atom stereocenters. The van der Waals surface area contributed by atoms with Crippen LogP contribution in [0.2, 0.25) is 0 Å². The van der Waals surface area contributed by atoms with Crippen LogP contribution in [0.4, 0.5) is 14.9 Å². The fraction of sp³-hybridized carbons (Fsp3) is 0.690. The number of methoxy groups -OCH3 is 1. The third-order valence-corrected chi connectivity index (χ3v) is 12.4. The van der Waals surface area contributed by atoms with Crippen LogP contribution in [0.25, 0.3) is 11.4 Å². The first-order chi connectivity index (χ1) is 28.1. The third kappa shape index (κ3) is 9.20. The summed E-state index contributed by atoms with van der Waals surface area (Å²) in [5.41, 5.74) is 1.04. The van der Waals surface area contributed by atoms with E-state index in [2.05, 4.69) is 27.1 Å². The summed E-state index contributed by atoms with van der Waals surface area (Å²) < 4.78 is 48.8. The number of likely N-dealkylation sites (N-methyl/N-ethyl adjacent to an activating group) is 1. The smallest absolute Gasteiger partial charge is 0.411 e. The van der Waals surface area contributed by atoms with E-state index < -0.39 is 83.1 Å². The average Bonchev–Trinajstić information content (AvgIpc) is 3.78. The van der Waals surface area contributed by atoms with Crippen molar-refractivity contribution in [2.45, 2.75) is 141 Å². The number of aliphatic hydroxyl groups excluding tert-OH is 1. The molecule has 60 heavy (non-hydrogen) atoms. The predicted octanol–water partition coefficient (Wildman–Crippen LogP) is 3.22. The number of aromatic nitrogens is 4. The molecule has 17 nitrogen and oxygen atoms in total. The summed E-state index contributed by atoms with van der Waals surface area (Å²) in [6, 6.07) is 1.89. The molecule has 13 atom stereocenters. The van der Waals surface area contributed by atoms with Crippen molar-refractivity contribution in [3.05, 3.63) is 24.5 Å². The number of cyclic esters (lactones) is 1. The summed E-state index contributed by atoms with van der Waals surface area (Å²) in [6.45, 7) is 12.1. The quantitative estimate of drug-likeness (QED) is 0.222. The summed E-state index contributed by atoms with van der Waals surface area (Å²) in [4.78, 5) is 64.0. The van der Waals surface area contributed by atoms with Gasteiger partial charge in [0.05, 0.1) is 42.3 Å². The Morgan fingerprint density at radius 1 is 1.07 bits per heavy atom. The van der Waals surface area contributed by atoms with E-state index in [0.29, 0.717) is 23.5 Å². The van der Waals surface area contributed by atoms with Crippen LogP contribution in [-0.4, -0.2) is 146 Å². The lowest BCUT2D eigenvalue weighted by Crippen LogP contribution is -2.61. The predicted molar refractivity (Wildman–Crippen MR) is 215 cm³/mol. The van der Waals surface area contributed by atoms with E-state index in [1.54, 1.807) is 52.2 Å². The van der Waals surface area contributed by atoms with Crippen molar-refractivity contribution < 1.29 is 52.4 Å². The number of amides is 1. The molecular weight excluding hydrogens is 781 g/mol. The molecule has 3 fully saturated rings. The minimum absolute atomic E-state index is 0.0357. The number of anilines is 1. The molecule has 0 bridgehead atoms. The summed E-state index contributed by atoms with van der Waals surface area (Å²) in [5.74, 6) is -0.151. The summed E-state index contributed by atoms with van der Waals surface area (Å²) >= 11 is 0. The monoisotopic (exact) mass is 841 g/mol. The van der Waals surface area contributed by atoms with Crippen molar-refractivity contribution in [1.82, 2.24) is 29.8 Å². The Morgan fingerprint density at radius 2 is 1.75 bits per heavy atom. The number of carbonyl (C=O) groups is 4. The number of carbonyl (C=O) groups excluding carboxylic acids is 4. The lowest BCUT2D eigenvalue weighted by atomic mass is 9.73. The number of Topliss-reactive ketones (excluding diaryl/α,β-unsaturated/α-hetero) is 2. The Balaban J connectivity index is 1.49. The maximum Gasteiger partial charge on any atom is 0.411 e. The number of nitrogens with zero attached hydrogens (tertiary/aromatic N) is 6. The Bertz CT molecular complexity index is 1970. The maximum absolute atomic E-state index is 16.9. The molecule has 0 saturated carbocycles. The van der Waals surface area contributed by atoms with E-state index in [-0.39, 0.29) is 43.9 Å². The summed E-state index contributed by atoms with van der Waals surface area (Å²) in [5, 5.41) is 19.6. The van der Waals surface area contributed by atoms with Crippen LogP contribution >= 0.6 is 0 Å². The zero-order chi connectivity index (χ0) is 44.5. The first kappa shape index (κ1) is 46.5. The zero-order valence-corrected chi connectivity index (χ0v) is 36.4. The summed E-state index contributed by atoms with van der Waals surface area (Å²) in [6.07, 6.45) is -2.55. The molecule has 0 spiro atoms. The minimum Gasteiger partial charge on any atom is -0.455 e. The zero-order valence-electron chi connectivity index (χ0n) is 36.4. The van der Waals surface area contributed by atoms with Crippen LogP contribution in [-0.2, 0) is 44.6 Å². The van der Waals surface area contributed by atoms with Gasteiger partial charge in [-0.15, -0.1) is 5.10 Å². The van der Waals surface area contributed by atoms with Crippen LogP contribution in [0, 0.1) is 29.6 Å². The Labute approximate surface area is 350 Å². The molecule has 0 radical (unpaired) electrons. The Hall–Kier alpha value is -4.54. The average molecular weight is 842 g/mol. The number of rotatable bonds is 8. The van der Waals surface area contributed by atoms with E-state index in [0.717, 1.165) is 6.92 Å². The van der Waals surface area contributed by atoms with Crippen molar-refractivity contribution in [1.29, 1.82) is 0 Å². The van der Waals surface area contributed by atoms with E-state index in [1.165, 1.54) is 30.5 Å². The van der Waals surface area contributed by atoms with E-state index in [1.807, 2.05) is 25.9 Å². The molecule has 330 valence electrons. The van der Waals surface area contributed by atoms with Gasteiger partial charge in [0.25, 0.3) is 5.67 Å². The molecule has 18 heteroatoms. The van der Waals surface area contributed by atoms with E-state index in [4.69, 9.17) is 29.4 Å². The number of aliphatic hydroxyl groups is 1. The molecule has 1 amide bonds. The molecule has 3 N–H and O–H groups in total. The first-order valence-electron chi connectivity index (χ1n) is 20.3. The standard InChI is InChI=1S/C42H60FN7O10/c1-12-31-42(8)34(50(39(55)60-42)18-14-13-17-49-22-29(46-47-49)28-20-27(44)15-16-45-28)25(4)32(51)23(2)21-40(6,56-11)36(26(5)35(53)41(7,43)38(54)58-31)59-37-33(52)30(48(9)10)19-24(3)57-37/h15-16,20,22-26,30-31,33-34,36-37,52H,12,17-19,21H2,1-11H3,(H2,44,45)/t23-,24-,25+,26+,30?,31-,33?,34-,36-,37+,40-,41+,42-/m1/s1. The number of esters is 1. The van der Waals surface area contributed by atoms with E-state index >= 15 is 4.39 Å². The van der Waals surface area contributed by atoms with Crippen molar-refractivity contribution in [3.63, 3.8) is 0 Å². The molecule has 0 aromatic carbocycles. The van der Waals surface area contributed by atoms with Gasteiger partial charge in [0, 0.05) is 42.8 Å². The van der Waals surface area contributed by atoms with Gasteiger partial charge >= 0.3 is 12.1 Å². The molecular formula is C42H60FN7O10. The molecule has 0 aliphatic carbocycles. The number of hydrogen-bond donors (Lipinski definition) is 2. The number of halogens is 1. The lowest BCUT2D eigenvalue weighted by molar-refractivity contribution is -0.295. The Kier molecular flexibility index (Phi) is 14.1. The lowest BCUT2D eigenvalue weighted by Gasteiger charge is -2.47. The van der Waals surface area contributed by atoms with Crippen molar-refractivity contribution >= 4 is 29.3 Å². The number of ether oxygens (including phenoxy) is 5. The molecule has 2 aromatic heterocycles. The van der Waals surface area contributed by atoms with Gasteiger partial charge in [0.1, 0.15) is 30.2 Å². The normalized spacial score (nSPS) is 36.9. The largest absolute Gasteiger partial charge is 0.455 e. The second kappa shape index (κ2) is 18.2. The second-order valence-corrected chi connectivity index (χ2v) is 17.2. The molecule has 3 saturated heterocycles. The molecule has 3 aliphatic rings. The van der Waals surface area contributed by atoms with Gasteiger partial charge in [0.15, 0.2) is 17.7 Å². The van der Waals surface area contributed by atoms with Crippen LogP contribution in [0.1, 0.15) is 74.7 Å². The van der Waals surface area contributed by atoms with Gasteiger partial charge in [-0.05, 0) is 73.2 Å². The molecule has 5 rings (SSSR count). The highest BCUT2D eigenvalue weighted by atomic mass is 19.1. The highest BCUT2D eigenvalue weighted by Crippen LogP contribution is 2.43. The molecule has 3 aliphatic heterocycles. The minimum atomic E-state index is -3.21. The number of nitrogens with two attached hydrogens (primary N) is 1. The second-order valence-electron chi connectivity index (χ2n) is 17.2. The number of pyridine rings is 1. The highest BCUT2D eigenvalue weighted by molar-refractivity contribution is 6.08. The van der Waals surface area contributed by atoms with Gasteiger partial charge in [0.2, 0.25) is 0 Å². The van der Waals surface area contributed by atoms with Crippen molar-refractivity contribution in [3.8, 4) is 23.2 Å². The number of fused-ring (bicyclic) bond motifs is 1. The number of ketones is 2. The fourth-order valence-corrected chi connectivity index (χ4v) is 9.00. The molecule has 2 aromatic rings. The Morgan fingerprint density at radius 3 is 2.38 bits per heavy atom. The number of nitrogen functional groups attached to an aromatic ring is 1. The number of hydrogen-bond acceptors (Lipinski definition) is 15. The topological polar surface area (TPSA) is 211 Å². The van der Waals surface area contributed by atoms with E-state index in [9.17, 15) is 24.3 Å². The number of alkyl halides is 1. The van der Waals surface area contributed by atoms with Gasteiger partial charge < -0.3 is 39.4 Å². The third-order valence-electron chi connectivity index (χ3n) is 12.4. The van der Waals surface area contributed by atoms with Gasteiger partial charge in [-0.2, -0.15) is 0 Å². The highest BCUT2D eigenvalue weighted by Gasteiger charge is 2.61. The van der Waals surface area contributed by atoms with Crippen LogP contribution in [0.3, 0.4) is 0 Å². The summed E-state index contributed by atoms with van der Waals surface area (Å²) in [7, 11) is 5.00. The maximum atomic E-state index is 16.9. The fourth-order valence-electron chi connectivity index (χ4n) is 9.00. The van der Waals surface area contributed by atoms with Crippen molar-refractivity contribution in [2.75, 3.05) is 33.5 Å². The SMILES string of the molecule is CC[C@H]1OC(=O)[C@@](C)(F)C(=O)[C@H](C)[C@@H](O[C@@H]2O[C@H](C)CC(N(C)C)C2O)[C@](C)(OC)C[C@@H](C)C(=O)[C@H](C)[C@H]2N(CC#CCn3cc(-c4cc(N)ccn4)nn3)C(=O)O[C@]12C. The van der Waals surface area contributed by atoms with Crippen LogP contribution in [0.5, 0.6) is 0 Å². The van der Waals surface area contributed by atoms with Gasteiger partial charge in [-0.3, -0.25) is 19.5 Å². The first-order valence-corrected chi connectivity index (χ1v) is 20.3. The molecule has 5 heterocycles. The van der Waals surface area contributed by atoms with Crippen molar-refractivity contribution in [2.24, 2.45) is 17.8 Å². The van der Waals surface area contributed by atoms with Gasteiger partial charge in [-0.25, -0.2) is 18.7 Å². The van der Waals surface area contributed by atoms with Gasteiger partial charge in [-0.1, -0.05) is 44.7 Å². The van der Waals surface area contributed by atoms with Crippen LogP contribution in [0.15, 0.2) is 24.5 Å².